The van der Waals surface area contributed by atoms with Crippen LogP contribution in [-0.2, 0) is 20.3 Å². The molecule has 0 saturated carbocycles. The van der Waals surface area contributed by atoms with Crippen molar-refractivity contribution in [2.45, 2.75) is 44.6 Å². The highest BCUT2D eigenvalue weighted by Gasteiger charge is 2.22. The van der Waals surface area contributed by atoms with Crippen LogP contribution >= 0.6 is 0 Å². The highest BCUT2D eigenvalue weighted by molar-refractivity contribution is 7.92. The van der Waals surface area contributed by atoms with E-state index in [1.807, 2.05) is 33.8 Å². The second-order valence-electron chi connectivity index (χ2n) is 6.88. The fourth-order valence-corrected chi connectivity index (χ4v) is 3.13. The molecule has 0 unspecified atom stereocenters. The smallest absolute Gasteiger partial charge is 0.338 e. The Kier molecular flexibility index (Phi) is 5.91. The summed E-state index contributed by atoms with van der Waals surface area (Å²) in [4.78, 5) is 11.7. The predicted molar refractivity (Wildman–Crippen MR) is 99.8 cm³/mol. The molecule has 0 aliphatic carbocycles. The van der Waals surface area contributed by atoms with E-state index in [-0.39, 0.29) is 21.8 Å². The average molecular weight is 390 g/mol. The standard InChI is InChI=1S/C18H22N4O4S/c1-5-10-26-17(23)13-6-8-15(9-7-13)27(24,25)21-16-14(11-19)12-22(20-16)18(2,3)4/h6-9,12H,5,10H2,1-4H3,(H,20,21). The van der Waals surface area contributed by atoms with Crippen molar-refractivity contribution in [1.82, 2.24) is 9.78 Å². The summed E-state index contributed by atoms with van der Waals surface area (Å²) in [6.07, 6.45) is 2.19. The lowest BCUT2D eigenvalue weighted by molar-refractivity contribution is 0.0505. The zero-order valence-electron chi connectivity index (χ0n) is 15.7. The second kappa shape index (κ2) is 7.80. The van der Waals surface area contributed by atoms with Crippen LogP contribution in [0.25, 0.3) is 0 Å². The lowest BCUT2D eigenvalue weighted by Gasteiger charge is -2.18. The molecule has 0 bridgehead atoms. The van der Waals surface area contributed by atoms with Crippen molar-refractivity contribution in [3.8, 4) is 6.07 Å². The molecule has 0 fully saturated rings. The fraction of sp³-hybridized carbons (Fsp3) is 0.389. The molecule has 27 heavy (non-hydrogen) atoms. The number of nitrogens with zero attached hydrogens (tertiary/aromatic N) is 3. The summed E-state index contributed by atoms with van der Waals surface area (Å²) in [7, 11) is -3.97. The molecular formula is C18H22N4O4S. The molecule has 1 heterocycles. The zero-order chi connectivity index (χ0) is 20.2. The van der Waals surface area contributed by atoms with E-state index in [1.165, 1.54) is 35.1 Å². The number of hydrogen-bond acceptors (Lipinski definition) is 6. The maximum Gasteiger partial charge on any atom is 0.338 e. The molecule has 0 spiro atoms. The number of nitriles is 1. The monoisotopic (exact) mass is 390 g/mol. The highest BCUT2D eigenvalue weighted by atomic mass is 32.2. The Morgan fingerprint density at radius 1 is 1.30 bits per heavy atom. The topological polar surface area (TPSA) is 114 Å². The summed E-state index contributed by atoms with van der Waals surface area (Å²) in [6, 6.07) is 7.30. The molecule has 0 aliphatic rings. The summed E-state index contributed by atoms with van der Waals surface area (Å²) in [6.45, 7) is 7.83. The molecule has 0 saturated heterocycles. The normalized spacial score (nSPS) is 11.7. The molecule has 0 radical (unpaired) electrons. The number of aromatic nitrogens is 2. The van der Waals surface area contributed by atoms with Gasteiger partial charge in [-0.2, -0.15) is 10.4 Å². The van der Waals surface area contributed by atoms with Gasteiger partial charge in [-0.05, 0) is 51.5 Å². The number of anilines is 1. The van der Waals surface area contributed by atoms with Gasteiger partial charge in [0.05, 0.1) is 22.6 Å². The van der Waals surface area contributed by atoms with Crippen molar-refractivity contribution in [2.75, 3.05) is 11.3 Å². The largest absolute Gasteiger partial charge is 0.462 e. The van der Waals surface area contributed by atoms with Gasteiger partial charge in [0.1, 0.15) is 11.6 Å². The molecule has 1 aromatic carbocycles. The lowest BCUT2D eigenvalue weighted by atomic mass is 10.1. The Bertz CT molecular complexity index is 964. The average Bonchev–Trinajstić information content (AvgIpc) is 3.02. The van der Waals surface area contributed by atoms with Crippen LogP contribution in [-0.4, -0.2) is 30.8 Å². The maximum absolute atomic E-state index is 12.6. The van der Waals surface area contributed by atoms with Crippen molar-refractivity contribution < 1.29 is 17.9 Å². The second-order valence-corrected chi connectivity index (χ2v) is 8.57. The first-order chi connectivity index (χ1) is 12.6. The van der Waals surface area contributed by atoms with Crippen molar-refractivity contribution in [1.29, 1.82) is 5.26 Å². The Morgan fingerprint density at radius 3 is 2.44 bits per heavy atom. The van der Waals surface area contributed by atoms with E-state index in [9.17, 15) is 18.5 Å². The summed E-state index contributed by atoms with van der Waals surface area (Å²) in [5, 5.41) is 13.4. The van der Waals surface area contributed by atoms with Crippen LogP contribution < -0.4 is 4.72 Å². The molecule has 0 atom stereocenters. The van der Waals surface area contributed by atoms with Gasteiger partial charge in [0, 0.05) is 6.20 Å². The molecule has 0 aliphatic heterocycles. The van der Waals surface area contributed by atoms with E-state index in [4.69, 9.17) is 4.74 Å². The minimum absolute atomic E-state index is 0.0427. The van der Waals surface area contributed by atoms with Gasteiger partial charge >= 0.3 is 5.97 Å². The minimum atomic E-state index is -3.97. The van der Waals surface area contributed by atoms with Gasteiger partial charge in [0.15, 0.2) is 5.82 Å². The van der Waals surface area contributed by atoms with E-state index >= 15 is 0 Å². The van der Waals surface area contributed by atoms with Crippen LogP contribution in [0.4, 0.5) is 5.82 Å². The fourth-order valence-electron chi connectivity index (χ4n) is 2.11. The molecule has 8 nitrogen and oxygen atoms in total. The number of sulfonamides is 1. The molecule has 1 aromatic heterocycles. The summed E-state index contributed by atoms with van der Waals surface area (Å²) in [5.41, 5.74) is -0.0270. The highest BCUT2D eigenvalue weighted by Crippen LogP contribution is 2.22. The van der Waals surface area contributed by atoms with E-state index in [1.54, 1.807) is 0 Å². The van der Waals surface area contributed by atoms with Crippen LogP contribution in [0.5, 0.6) is 0 Å². The van der Waals surface area contributed by atoms with Gasteiger partial charge in [0.25, 0.3) is 10.0 Å². The first-order valence-corrected chi connectivity index (χ1v) is 9.87. The number of carbonyl (C=O) groups is 1. The Hall–Kier alpha value is -2.86. The number of nitrogens with one attached hydrogen (secondary N) is 1. The first-order valence-electron chi connectivity index (χ1n) is 8.38. The number of rotatable bonds is 6. The molecule has 9 heteroatoms. The Labute approximate surface area is 158 Å². The van der Waals surface area contributed by atoms with E-state index in [0.29, 0.717) is 13.0 Å². The SMILES string of the molecule is CCCOC(=O)c1ccc(S(=O)(=O)Nc2nn(C(C)(C)C)cc2C#N)cc1. The Morgan fingerprint density at radius 2 is 1.93 bits per heavy atom. The lowest BCUT2D eigenvalue weighted by Crippen LogP contribution is -2.22. The third-order valence-corrected chi connectivity index (χ3v) is 4.95. The number of hydrogen-bond donors (Lipinski definition) is 1. The number of ether oxygens (including phenoxy) is 1. The molecule has 1 N–H and O–H groups in total. The van der Waals surface area contributed by atoms with Crippen LogP contribution in [0.15, 0.2) is 35.4 Å². The number of esters is 1. The third kappa shape index (κ3) is 4.86. The van der Waals surface area contributed by atoms with Crippen LogP contribution in [0, 0.1) is 11.3 Å². The van der Waals surface area contributed by atoms with Crippen LogP contribution in [0.1, 0.15) is 50.0 Å². The van der Waals surface area contributed by atoms with Gasteiger partial charge in [-0.25, -0.2) is 13.2 Å². The molecule has 0 amide bonds. The van der Waals surface area contributed by atoms with Gasteiger partial charge in [-0.15, -0.1) is 0 Å². The van der Waals surface area contributed by atoms with Crippen LogP contribution in [0.3, 0.4) is 0 Å². The maximum atomic E-state index is 12.6. The molecule has 2 aromatic rings. The van der Waals surface area contributed by atoms with E-state index < -0.39 is 21.5 Å². The molecular weight excluding hydrogens is 368 g/mol. The summed E-state index contributed by atoms with van der Waals surface area (Å²) < 4.78 is 34.1. The first kappa shape index (κ1) is 20.5. The van der Waals surface area contributed by atoms with Gasteiger partial charge in [-0.1, -0.05) is 6.92 Å². The van der Waals surface area contributed by atoms with E-state index in [2.05, 4.69) is 9.82 Å². The minimum Gasteiger partial charge on any atom is -0.462 e. The van der Waals surface area contributed by atoms with Gasteiger partial charge < -0.3 is 4.74 Å². The third-order valence-electron chi connectivity index (χ3n) is 3.59. The van der Waals surface area contributed by atoms with Gasteiger partial charge in [-0.3, -0.25) is 9.40 Å². The predicted octanol–water partition coefficient (Wildman–Crippen LogP) is 2.88. The number of benzene rings is 1. The summed E-state index contributed by atoms with van der Waals surface area (Å²) >= 11 is 0. The number of carbonyl (C=O) groups excluding carboxylic acids is 1. The van der Waals surface area contributed by atoms with Crippen molar-refractivity contribution in [3.63, 3.8) is 0 Å². The van der Waals surface area contributed by atoms with Crippen molar-refractivity contribution in [3.05, 3.63) is 41.6 Å². The van der Waals surface area contributed by atoms with Gasteiger partial charge in [0.2, 0.25) is 0 Å². The summed E-state index contributed by atoms with van der Waals surface area (Å²) in [5.74, 6) is -0.552. The van der Waals surface area contributed by atoms with Crippen molar-refractivity contribution >= 4 is 21.8 Å². The van der Waals surface area contributed by atoms with Crippen molar-refractivity contribution in [2.24, 2.45) is 0 Å². The quantitative estimate of drug-likeness (QED) is 0.759. The molecule has 144 valence electrons. The van der Waals surface area contributed by atoms with E-state index in [0.717, 1.165) is 0 Å². The molecule has 2 rings (SSSR count). The Balaban J connectivity index is 2.26. The zero-order valence-corrected chi connectivity index (χ0v) is 16.5. The van der Waals surface area contributed by atoms with Crippen LogP contribution in [0.2, 0.25) is 0 Å².